The molecule has 0 aliphatic carbocycles. The summed E-state index contributed by atoms with van der Waals surface area (Å²) >= 11 is 0. The Balaban J connectivity index is 0.000000856. The molecule has 2 aromatic rings. The first-order chi connectivity index (χ1) is 17.0. The highest BCUT2D eigenvalue weighted by Gasteiger charge is 2.38. The Kier molecular flexibility index (Phi) is 10.9. The van der Waals surface area contributed by atoms with Gasteiger partial charge in [0.25, 0.3) is 5.56 Å². The molecule has 0 spiro atoms. The van der Waals surface area contributed by atoms with Gasteiger partial charge in [0.05, 0.1) is 5.75 Å². The SMILES string of the molecule is Cc1ccc(NS(=O)(=O)Cc2ccccc2)c(=O)n1C(CCON=C(N)N)C(N)=O.O=C(O)C(F)(F)F. The van der Waals surface area contributed by atoms with Crippen LogP contribution in [0.15, 0.2) is 52.4 Å². The first-order valence-corrected chi connectivity index (χ1v) is 11.8. The molecule has 2 rings (SSSR count). The minimum Gasteiger partial charge on any atom is -0.475 e. The van der Waals surface area contributed by atoms with Crippen LogP contribution in [-0.4, -0.2) is 48.7 Å². The summed E-state index contributed by atoms with van der Waals surface area (Å²) in [4.78, 5) is 38.6. The minimum absolute atomic E-state index is 0.00687. The van der Waals surface area contributed by atoms with Crippen LogP contribution in [0.4, 0.5) is 18.9 Å². The Morgan fingerprint density at radius 1 is 1.14 bits per heavy atom. The van der Waals surface area contributed by atoms with Crippen LogP contribution in [0.5, 0.6) is 0 Å². The maximum atomic E-state index is 12.9. The summed E-state index contributed by atoms with van der Waals surface area (Å²) in [5, 5.41) is 10.5. The Morgan fingerprint density at radius 3 is 2.19 bits per heavy atom. The quantitative estimate of drug-likeness (QED) is 0.119. The molecule has 0 saturated heterocycles. The van der Waals surface area contributed by atoms with E-state index in [1.807, 2.05) is 0 Å². The van der Waals surface area contributed by atoms with Gasteiger partial charge in [-0.05, 0) is 29.8 Å². The van der Waals surface area contributed by atoms with Crippen molar-refractivity contribution >= 4 is 33.5 Å². The van der Waals surface area contributed by atoms with Crippen molar-refractivity contribution in [2.24, 2.45) is 22.4 Å². The molecular formula is C20H25F3N6O7S. The molecule has 37 heavy (non-hydrogen) atoms. The molecule has 0 radical (unpaired) electrons. The van der Waals surface area contributed by atoms with E-state index in [1.165, 1.54) is 12.1 Å². The summed E-state index contributed by atoms with van der Waals surface area (Å²) in [6.45, 7) is 1.50. The molecule has 1 aromatic carbocycles. The number of oxime groups is 1. The van der Waals surface area contributed by atoms with Gasteiger partial charge in [-0.15, -0.1) is 0 Å². The normalized spacial score (nSPS) is 11.9. The van der Waals surface area contributed by atoms with Crippen LogP contribution in [0.3, 0.4) is 0 Å². The topological polar surface area (TPSA) is 222 Å². The minimum atomic E-state index is -5.08. The van der Waals surface area contributed by atoms with E-state index in [2.05, 4.69) is 9.88 Å². The van der Waals surface area contributed by atoms with Crippen LogP contribution >= 0.6 is 0 Å². The number of carboxylic acid groups (broad SMARTS) is 1. The second-order valence-corrected chi connectivity index (χ2v) is 8.99. The molecule has 0 saturated carbocycles. The number of carboxylic acids is 1. The lowest BCUT2D eigenvalue weighted by Gasteiger charge is -2.20. The monoisotopic (exact) mass is 550 g/mol. The second-order valence-electron chi connectivity index (χ2n) is 7.27. The number of carbonyl (C=O) groups excluding carboxylic acids is 1. The molecule has 0 fully saturated rings. The third kappa shape index (κ3) is 10.5. The Bertz CT molecular complexity index is 1280. The highest BCUT2D eigenvalue weighted by Crippen LogP contribution is 2.16. The molecule has 1 atom stereocenters. The number of sulfonamides is 1. The number of hydrogen-bond acceptors (Lipinski definition) is 7. The van der Waals surface area contributed by atoms with Gasteiger partial charge in [-0.1, -0.05) is 30.3 Å². The van der Waals surface area contributed by atoms with Crippen LogP contribution in [0, 0.1) is 6.92 Å². The fourth-order valence-electron chi connectivity index (χ4n) is 2.79. The molecular weight excluding hydrogens is 525 g/mol. The number of amides is 1. The zero-order valence-corrected chi connectivity index (χ0v) is 20.1. The number of primary amides is 1. The van der Waals surface area contributed by atoms with Gasteiger partial charge in [-0.2, -0.15) is 13.2 Å². The lowest BCUT2D eigenvalue weighted by Crippen LogP contribution is -2.37. The summed E-state index contributed by atoms with van der Waals surface area (Å²) in [6.07, 6.45) is -5.09. The van der Waals surface area contributed by atoms with Gasteiger partial charge in [-0.3, -0.25) is 18.9 Å². The number of alkyl halides is 3. The third-order valence-corrected chi connectivity index (χ3v) is 5.56. The van der Waals surface area contributed by atoms with Gasteiger partial charge in [0.2, 0.25) is 21.9 Å². The molecule has 1 heterocycles. The number of aromatic nitrogens is 1. The van der Waals surface area contributed by atoms with Crippen molar-refractivity contribution in [2.45, 2.75) is 31.3 Å². The van der Waals surface area contributed by atoms with Crippen LogP contribution in [0.25, 0.3) is 0 Å². The van der Waals surface area contributed by atoms with E-state index in [4.69, 9.17) is 31.9 Å². The molecule has 204 valence electrons. The van der Waals surface area contributed by atoms with Gasteiger partial charge in [0.15, 0.2) is 0 Å². The average molecular weight is 551 g/mol. The van der Waals surface area contributed by atoms with E-state index in [0.717, 1.165) is 4.57 Å². The van der Waals surface area contributed by atoms with E-state index in [-0.39, 0.29) is 30.4 Å². The number of nitrogens with zero attached hydrogens (tertiary/aromatic N) is 2. The van der Waals surface area contributed by atoms with Crippen LogP contribution in [0.2, 0.25) is 0 Å². The number of pyridine rings is 1. The molecule has 0 aliphatic rings. The van der Waals surface area contributed by atoms with Crippen molar-refractivity contribution in [3.8, 4) is 0 Å². The first kappa shape index (κ1) is 30.8. The number of halogens is 3. The predicted octanol–water partition coefficient (Wildman–Crippen LogP) is 0.353. The maximum absolute atomic E-state index is 12.9. The number of rotatable bonds is 10. The number of anilines is 1. The second kappa shape index (κ2) is 13.1. The van der Waals surface area contributed by atoms with Crippen molar-refractivity contribution in [1.29, 1.82) is 0 Å². The van der Waals surface area contributed by atoms with Crippen molar-refractivity contribution in [1.82, 2.24) is 4.57 Å². The predicted molar refractivity (Wildman–Crippen MR) is 126 cm³/mol. The fraction of sp³-hybridized carbons (Fsp3) is 0.300. The molecule has 1 unspecified atom stereocenters. The number of nitrogens with one attached hydrogen (secondary N) is 1. The zero-order valence-electron chi connectivity index (χ0n) is 19.3. The van der Waals surface area contributed by atoms with Crippen LogP contribution < -0.4 is 27.5 Å². The molecule has 13 nitrogen and oxygen atoms in total. The third-order valence-electron chi connectivity index (χ3n) is 4.32. The van der Waals surface area contributed by atoms with Crippen molar-refractivity contribution in [2.75, 3.05) is 11.3 Å². The molecule has 1 aromatic heterocycles. The number of benzene rings is 1. The Labute approximate surface area is 208 Å². The van der Waals surface area contributed by atoms with E-state index in [0.29, 0.717) is 11.3 Å². The number of aliphatic carboxylic acids is 1. The van der Waals surface area contributed by atoms with Gasteiger partial charge >= 0.3 is 12.1 Å². The number of carbonyl (C=O) groups is 2. The maximum Gasteiger partial charge on any atom is 0.490 e. The van der Waals surface area contributed by atoms with E-state index < -0.39 is 39.7 Å². The highest BCUT2D eigenvalue weighted by molar-refractivity contribution is 7.91. The average Bonchev–Trinajstić information content (AvgIpc) is 2.77. The van der Waals surface area contributed by atoms with Crippen molar-refractivity contribution in [3.63, 3.8) is 0 Å². The largest absolute Gasteiger partial charge is 0.490 e. The Morgan fingerprint density at radius 2 is 1.70 bits per heavy atom. The van der Waals surface area contributed by atoms with E-state index >= 15 is 0 Å². The summed E-state index contributed by atoms with van der Waals surface area (Å²) in [5.41, 5.74) is 15.8. The number of nitrogens with two attached hydrogens (primary N) is 3. The van der Waals surface area contributed by atoms with Gasteiger partial charge in [0, 0.05) is 12.1 Å². The Hall–Kier alpha value is -4.28. The number of guanidine groups is 1. The van der Waals surface area contributed by atoms with Crippen molar-refractivity contribution in [3.05, 3.63) is 64.1 Å². The van der Waals surface area contributed by atoms with Gasteiger partial charge in [-0.25, -0.2) is 13.2 Å². The lowest BCUT2D eigenvalue weighted by molar-refractivity contribution is -0.192. The summed E-state index contributed by atoms with van der Waals surface area (Å²) in [5.74, 6) is -4.16. The summed E-state index contributed by atoms with van der Waals surface area (Å²) < 4.78 is 60.1. The van der Waals surface area contributed by atoms with Crippen molar-refractivity contribution < 1.29 is 41.1 Å². The van der Waals surface area contributed by atoms with Gasteiger partial charge in [0.1, 0.15) is 18.3 Å². The number of hydrogen-bond donors (Lipinski definition) is 5. The molecule has 8 N–H and O–H groups in total. The molecule has 0 aliphatic heterocycles. The summed E-state index contributed by atoms with van der Waals surface area (Å²) in [7, 11) is -3.87. The number of aryl methyl sites for hydroxylation is 1. The van der Waals surface area contributed by atoms with E-state index in [9.17, 15) is 31.2 Å². The van der Waals surface area contributed by atoms with Gasteiger partial charge < -0.3 is 27.1 Å². The standard InChI is InChI=1S/C18H24N6O5S.C2HF3O2/c1-12-7-8-14(23-30(27,28)11-13-5-3-2-4-6-13)17(26)24(12)15(16(19)25)9-10-29-22-18(20)21;3-2(4,5)1(6)7/h2-8,15,23H,9-11H2,1H3,(H2,19,25)(H4,20,21,22);(H,6,7). The fourth-order valence-corrected chi connectivity index (χ4v) is 3.98. The molecule has 17 heteroatoms. The highest BCUT2D eigenvalue weighted by atomic mass is 32.2. The first-order valence-electron chi connectivity index (χ1n) is 10.1. The lowest BCUT2D eigenvalue weighted by atomic mass is 10.1. The molecule has 1 amide bonds. The summed E-state index contributed by atoms with van der Waals surface area (Å²) in [6, 6.07) is 10.3. The molecule has 0 bridgehead atoms. The van der Waals surface area contributed by atoms with E-state index in [1.54, 1.807) is 37.3 Å². The zero-order chi connectivity index (χ0) is 28.4. The van der Waals surface area contributed by atoms with Crippen LogP contribution in [0.1, 0.15) is 23.7 Å². The van der Waals surface area contributed by atoms with Crippen LogP contribution in [-0.2, 0) is 30.2 Å². The smallest absolute Gasteiger partial charge is 0.475 e.